The molecule has 1 saturated heterocycles. The largest absolute Gasteiger partial charge is 0.493 e. The highest BCUT2D eigenvalue weighted by Gasteiger charge is 2.36. The molecule has 9 nitrogen and oxygen atoms in total. The van der Waals surface area contributed by atoms with Gasteiger partial charge in [-0.2, -0.15) is 0 Å². The summed E-state index contributed by atoms with van der Waals surface area (Å²) in [6.07, 6.45) is 1.48. The zero-order chi connectivity index (χ0) is 24.1. The summed E-state index contributed by atoms with van der Waals surface area (Å²) < 4.78 is 10.3. The van der Waals surface area contributed by atoms with Crippen LogP contribution in [0.3, 0.4) is 0 Å². The molecule has 2 aromatic rings. The second kappa shape index (κ2) is 10.4. The van der Waals surface area contributed by atoms with E-state index in [1.165, 1.54) is 19.3 Å². The van der Waals surface area contributed by atoms with Crippen molar-refractivity contribution in [2.24, 2.45) is 0 Å². The number of hydrogen-bond acceptors (Lipinski definition) is 7. The number of carbonyl (C=O) groups excluding carboxylic acids is 3. The van der Waals surface area contributed by atoms with E-state index in [0.29, 0.717) is 28.0 Å². The lowest BCUT2D eigenvalue weighted by molar-refractivity contribution is -0.139. The number of aryl methyl sites for hydroxylation is 1. The van der Waals surface area contributed by atoms with Gasteiger partial charge in [0, 0.05) is 10.7 Å². The molecule has 33 heavy (non-hydrogen) atoms. The summed E-state index contributed by atoms with van der Waals surface area (Å²) >= 11 is 6.66. The first-order chi connectivity index (χ1) is 15.7. The Bertz CT molecular complexity index is 1170. The Labute approximate surface area is 198 Å². The van der Waals surface area contributed by atoms with Crippen molar-refractivity contribution < 1.29 is 33.8 Å². The molecule has 0 spiro atoms. The molecule has 0 unspecified atom stereocenters. The normalized spacial score (nSPS) is 14.5. The lowest BCUT2D eigenvalue weighted by Gasteiger charge is -2.14. The lowest BCUT2D eigenvalue weighted by Crippen LogP contribution is -2.36. The molecule has 1 fully saturated rings. The van der Waals surface area contributed by atoms with Crippen molar-refractivity contribution in [1.82, 2.24) is 4.90 Å². The van der Waals surface area contributed by atoms with Crippen molar-refractivity contribution in [3.05, 3.63) is 57.5 Å². The maximum atomic E-state index is 12.7. The number of hydrogen-bond donors (Lipinski definition) is 2. The standard InChI is InChI=1S/C22H19ClN2O7S/c1-12-3-5-14(23)9-15(12)24-19(26)10-25-21(29)18(33-22(25)30)8-13-4-6-16(17(7-13)31-2)32-11-20(27)28/h3-9H,10-11H2,1-2H3,(H,24,26)(H,27,28)/b18-8+. The number of halogens is 1. The Morgan fingerprint density at radius 3 is 2.64 bits per heavy atom. The number of rotatable bonds is 8. The zero-order valence-electron chi connectivity index (χ0n) is 17.6. The molecule has 3 rings (SSSR count). The van der Waals surface area contributed by atoms with Crippen molar-refractivity contribution in [3.8, 4) is 11.5 Å². The summed E-state index contributed by atoms with van der Waals surface area (Å²) in [6.45, 7) is 0.811. The third kappa shape index (κ3) is 6.05. The van der Waals surface area contributed by atoms with E-state index in [4.69, 9.17) is 26.2 Å². The van der Waals surface area contributed by atoms with Gasteiger partial charge in [0.1, 0.15) is 6.54 Å². The quantitative estimate of drug-likeness (QED) is 0.536. The monoisotopic (exact) mass is 490 g/mol. The number of nitrogens with one attached hydrogen (secondary N) is 1. The van der Waals surface area contributed by atoms with Gasteiger partial charge < -0.3 is 19.9 Å². The van der Waals surface area contributed by atoms with Crippen LogP contribution in [0.4, 0.5) is 10.5 Å². The number of methoxy groups -OCH3 is 1. The first-order valence-corrected chi connectivity index (χ1v) is 10.7. The Morgan fingerprint density at radius 2 is 1.94 bits per heavy atom. The van der Waals surface area contributed by atoms with Crippen molar-refractivity contribution in [2.45, 2.75) is 6.92 Å². The highest BCUT2D eigenvalue weighted by atomic mass is 35.5. The fourth-order valence-corrected chi connectivity index (χ4v) is 3.89. The summed E-state index contributed by atoms with van der Waals surface area (Å²) in [5, 5.41) is 11.3. The van der Waals surface area contributed by atoms with Gasteiger partial charge in [0.25, 0.3) is 11.1 Å². The molecule has 1 heterocycles. The SMILES string of the molecule is COc1cc(/C=C2/SC(=O)N(CC(=O)Nc3cc(Cl)ccc3C)C2=O)ccc1OCC(=O)O. The van der Waals surface area contributed by atoms with Gasteiger partial charge in [-0.3, -0.25) is 19.3 Å². The van der Waals surface area contributed by atoms with E-state index in [0.717, 1.165) is 10.5 Å². The summed E-state index contributed by atoms with van der Waals surface area (Å²) in [7, 11) is 1.39. The third-order valence-electron chi connectivity index (χ3n) is 4.49. The molecule has 1 aliphatic rings. The third-order valence-corrected chi connectivity index (χ3v) is 5.63. The number of aliphatic carboxylic acids is 1. The molecule has 0 atom stereocenters. The summed E-state index contributed by atoms with van der Waals surface area (Å²) in [6, 6.07) is 9.64. The number of carbonyl (C=O) groups is 4. The molecule has 2 aromatic carbocycles. The molecule has 0 radical (unpaired) electrons. The molecule has 1 aliphatic heterocycles. The van der Waals surface area contributed by atoms with E-state index in [1.807, 2.05) is 0 Å². The average Bonchev–Trinajstić information content (AvgIpc) is 3.02. The number of thioether (sulfide) groups is 1. The van der Waals surface area contributed by atoms with Crippen molar-refractivity contribution in [3.63, 3.8) is 0 Å². The van der Waals surface area contributed by atoms with E-state index in [9.17, 15) is 19.2 Å². The van der Waals surface area contributed by atoms with Gasteiger partial charge in [0.05, 0.1) is 12.0 Å². The summed E-state index contributed by atoms with van der Waals surface area (Å²) in [5.41, 5.74) is 1.80. The van der Waals surface area contributed by atoms with Gasteiger partial charge >= 0.3 is 5.97 Å². The van der Waals surface area contributed by atoms with Crippen LogP contribution >= 0.6 is 23.4 Å². The Hall–Kier alpha value is -3.50. The van der Waals surface area contributed by atoms with Crippen LogP contribution in [-0.2, 0) is 14.4 Å². The maximum absolute atomic E-state index is 12.7. The molecule has 0 saturated carbocycles. The minimum Gasteiger partial charge on any atom is -0.493 e. The van der Waals surface area contributed by atoms with Crippen LogP contribution in [0, 0.1) is 6.92 Å². The van der Waals surface area contributed by atoms with Crippen LogP contribution in [0.2, 0.25) is 5.02 Å². The van der Waals surface area contributed by atoms with Gasteiger partial charge in [0.2, 0.25) is 5.91 Å². The van der Waals surface area contributed by atoms with E-state index in [2.05, 4.69) is 5.32 Å². The number of carboxylic acids is 1. The predicted octanol–water partition coefficient (Wildman–Crippen LogP) is 3.80. The highest BCUT2D eigenvalue weighted by Crippen LogP contribution is 2.34. The first-order valence-electron chi connectivity index (χ1n) is 9.52. The summed E-state index contributed by atoms with van der Waals surface area (Å²) in [4.78, 5) is 49.2. The van der Waals surface area contributed by atoms with E-state index >= 15 is 0 Å². The van der Waals surface area contributed by atoms with Crippen LogP contribution in [0.15, 0.2) is 41.3 Å². The fourth-order valence-electron chi connectivity index (χ4n) is 2.88. The molecule has 11 heteroatoms. The molecule has 0 bridgehead atoms. The number of imide groups is 1. The van der Waals surface area contributed by atoms with E-state index in [1.54, 1.807) is 37.3 Å². The molecular formula is C22H19ClN2O7S. The minimum atomic E-state index is -1.13. The second-order valence-corrected chi connectivity index (χ2v) is 8.30. The number of amides is 3. The average molecular weight is 491 g/mol. The summed E-state index contributed by atoms with van der Waals surface area (Å²) in [5.74, 6) is -1.79. The number of anilines is 1. The topological polar surface area (TPSA) is 122 Å². The Balaban J connectivity index is 1.72. The highest BCUT2D eigenvalue weighted by molar-refractivity contribution is 8.18. The smallest absolute Gasteiger partial charge is 0.341 e. The molecule has 0 aromatic heterocycles. The first kappa shape index (κ1) is 24.1. The van der Waals surface area contributed by atoms with E-state index in [-0.39, 0.29) is 16.4 Å². The van der Waals surface area contributed by atoms with Crippen molar-refractivity contribution in [1.29, 1.82) is 0 Å². The Morgan fingerprint density at radius 1 is 1.18 bits per heavy atom. The molecule has 3 amide bonds. The number of carboxylic acid groups (broad SMARTS) is 1. The Kier molecular flexibility index (Phi) is 7.62. The second-order valence-electron chi connectivity index (χ2n) is 6.87. The molecule has 172 valence electrons. The maximum Gasteiger partial charge on any atom is 0.341 e. The molecule has 2 N–H and O–H groups in total. The van der Waals surface area contributed by atoms with Gasteiger partial charge in [0.15, 0.2) is 18.1 Å². The van der Waals surface area contributed by atoms with Crippen molar-refractivity contribution in [2.75, 3.05) is 25.6 Å². The van der Waals surface area contributed by atoms with Crippen LogP contribution in [-0.4, -0.2) is 53.3 Å². The number of benzene rings is 2. The van der Waals surface area contributed by atoms with Crippen LogP contribution in [0.25, 0.3) is 6.08 Å². The van der Waals surface area contributed by atoms with Crippen molar-refractivity contribution >= 4 is 58.1 Å². The fraction of sp³-hybridized carbons (Fsp3) is 0.182. The van der Waals surface area contributed by atoms with Gasteiger partial charge in [-0.15, -0.1) is 0 Å². The number of nitrogens with zero attached hydrogens (tertiary/aromatic N) is 1. The van der Waals surface area contributed by atoms with Gasteiger partial charge in [-0.05, 0) is 60.2 Å². The van der Waals surface area contributed by atoms with Crippen LogP contribution in [0.1, 0.15) is 11.1 Å². The zero-order valence-corrected chi connectivity index (χ0v) is 19.2. The van der Waals surface area contributed by atoms with E-state index < -0.39 is 36.2 Å². The molecular weight excluding hydrogens is 472 g/mol. The number of ether oxygens (including phenoxy) is 2. The lowest BCUT2D eigenvalue weighted by atomic mass is 10.2. The predicted molar refractivity (Wildman–Crippen MR) is 124 cm³/mol. The van der Waals surface area contributed by atoms with Gasteiger partial charge in [-0.25, -0.2) is 4.79 Å². The van der Waals surface area contributed by atoms with Crippen LogP contribution in [0.5, 0.6) is 11.5 Å². The molecule has 0 aliphatic carbocycles. The van der Waals surface area contributed by atoms with Crippen LogP contribution < -0.4 is 14.8 Å². The van der Waals surface area contributed by atoms with Gasteiger partial charge in [-0.1, -0.05) is 23.7 Å². The minimum absolute atomic E-state index is 0.132.